The number of halogens is 1. The molecule has 0 aliphatic carbocycles. The molecular formula is C18H13FO3. The van der Waals surface area contributed by atoms with Gasteiger partial charge >= 0.3 is 5.97 Å². The molecule has 1 N–H and O–H groups in total. The molecule has 3 aromatic carbocycles. The van der Waals surface area contributed by atoms with Crippen LogP contribution in [-0.4, -0.2) is 11.1 Å². The van der Waals surface area contributed by atoms with E-state index in [2.05, 4.69) is 0 Å². The Bertz CT molecular complexity index is 843. The van der Waals surface area contributed by atoms with Crippen LogP contribution in [0.1, 0.15) is 15.9 Å². The molecule has 0 radical (unpaired) electrons. The number of carboxylic acid groups (broad SMARTS) is 1. The minimum atomic E-state index is -1.07. The lowest BCUT2D eigenvalue weighted by molar-refractivity contribution is 0.0694. The Kier molecular flexibility index (Phi) is 3.74. The number of hydrogen-bond donors (Lipinski definition) is 1. The van der Waals surface area contributed by atoms with Gasteiger partial charge < -0.3 is 9.84 Å². The van der Waals surface area contributed by atoms with Crippen LogP contribution in [0.25, 0.3) is 10.8 Å². The fourth-order valence-corrected chi connectivity index (χ4v) is 2.36. The highest BCUT2D eigenvalue weighted by Crippen LogP contribution is 2.28. The van der Waals surface area contributed by atoms with E-state index in [-0.39, 0.29) is 23.7 Å². The van der Waals surface area contributed by atoms with E-state index in [4.69, 9.17) is 4.74 Å². The van der Waals surface area contributed by atoms with Crippen molar-refractivity contribution in [2.24, 2.45) is 0 Å². The molecule has 0 unspecified atom stereocenters. The summed E-state index contributed by atoms with van der Waals surface area (Å²) in [5.41, 5.74) is 0.474. The second-order valence-electron chi connectivity index (χ2n) is 4.85. The van der Waals surface area contributed by atoms with Gasteiger partial charge in [0.15, 0.2) is 0 Å². The van der Waals surface area contributed by atoms with Crippen LogP contribution in [0, 0.1) is 5.82 Å². The van der Waals surface area contributed by atoms with Crippen molar-refractivity contribution in [2.45, 2.75) is 6.61 Å². The van der Waals surface area contributed by atoms with Crippen LogP contribution >= 0.6 is 0 Å². The van der Waals surface area contributed by atoms with Gasteiger partial charge in [-0.25, -0.2) is 9.18 Å². The summed E-state index contributed by atoms with van der Waals surface area (Å²) in [5.74, 6) is -1.21. The molecule has 0 saturated heterocycles. The highest BCUT2D eigenvalue weighted by atomic mass is 19.1. The van der Waals surface area contributed by atoms with E-state index in [0.717, 1.165) is 5.39 Å². The first-order chi connectivity index (χ1) is 10.7. The number of hydrogen-bond acceptors (Lipinski definition) is 2. The van der Waals surface area contributed by atoms with Crippen LogP contribution < -0.4 is 4.74 Å². The second kappa shape index (κ2) is 5.85. The molecule has 22 heavy (non-hydrogen) atoms. The van der Waals surface area contributed by atoms with Crippen LogP contribution in [0.3, 0.4) is 0 Å². The summed E-state index contributed by atoms with van der Waals surface area (Å²) in [6, 6.07) is 16.8. The van der Waals surface area contributed by atoms with Crippen molar-refractivity contribution in [3.8, 4) is 5.75 Å². The number of ether oxygens (including phenoxy) is 1. The molecule has 0 saturated carbocycles. The minimum Gasteiger partial charge on any atom is -0.488 e. The Hall–Kier alpha value is -2.88. The highest BCUT2D eigenvalue weighted by Gasteiger charge is 2.16. The van der Waals surface area contributed by atoms with E-state index < -0.39 is 5.97 Å². The van der Waals surface area contributed by atoms with Gasteiger partial charge in [0.25, 0.3) is 0 Å². The predicted molar refractivity (Wildman–Crippen MR) is 81.6 cm³/mol. The standard InChI is InChI=1S/C18H13FO3/c19-15-8-4-2-6-13(15)11-22-16-10-9-12-5-1-3-7-14(12)17(16)18(20)21/h1-10H,11H2,(H,20,21). The van der Waals surface area contributed by atoms with Gasteiger partial charge in [-0.2, -0.15) is 0 Å². The van der Waals surface area contributed by atoms with Crippen LogP contribution in [0.5, 0.6) is 5.75 Å². The summed E-state index contributed by atoms with van der Waals surface area (Å²) in [6.45, 7) is -0.0225. The van der Waals surface area contributed by atoms with Gasteiger partial charge in [0.05, 0.1) is 0 Å². The van der Waals surface area contributed by atoms with Gasteiger partial charge in [0.1, 0.15) is 23.7 Å². The predicted octanol–water partition coefficient (Wildman–Crippen LogP) is 4.26. The van der Waals surface area contributed by atoms with E-state index in [9.17, 15) is 14.3 Å². The first kappa shape index (κ1) is 14.1. The molecule has 0 spiro atoms. The molecular weight excluding hydrogens is 283 g/mol. The normalized spacial score (nSPS) is 10.6. The largest absolute Gasteiger partial charge is 0.488 e. The van der Waals surface area contributed by atoms with Crippen molar-refractivity contribution >= 4 is 16.7 Å². The summed E-state index contributed by atoms with van der Waals surface area (Å²) >= 11 is 0. The van der Waals surface area contributed by atoms with Crippen molar-refractivity contribution in [1.82, 2.24) is 0 Å². The molecule has 0 amide bonds. The zero-order chi connectivity index (χ0) is 15.5. The lowest BCUT2D eigenvalue weighted by atomic mass is 10.0. The third-order valence-corrected chi connectivity index (χ3v) is 3.45. The molecule has 0 bridgehead atoms. The third kappa shape index (κ3) is 2.63. The molecule has 0 heterocycles. The highest BCUT2D eigenvalue weighted by molar-refractivity contribution is 6.06. The Labute approximate surface area is 126 Å². The third-order valence-electron chi connectivity index (χ3n) is 3.45. The topological polar surface area (TPSA) is 46.5 Å². The molecule has 110 valence electrons. The van der Waals surface area contributed by atoms with Gasteiger partial charge in [-0.15, -0.1) is 0 Å². The van der Waals surface area contributed by atoms with E-state index in [1.807, 2.05) is 12.1 Å². The van der Waals surface area contributed by atoms with Gasteiger partial charge in [-0.3, -0.25) is 0 Å². The molecule has 3 rings (SSSR count). The van der Waals surface area contributed by atoms with E-state index in [1.54, 1.807) is 42.5 Å². The lowest BCUT2D eigenvalue weighted by Crippen LogP contribution is -2.05. The number of carboxylic acids is 1. The monoisotopic (exact) mass is 296 g/mol. The van der Waals surface area contributed by atoms with Crippen LogP contribution in [-0.2, 0) is 6.61 Å². The number of rotatable bonds is 4. The average Bonchev–Trinajstić information content (AvgIpc) is 2.53. The zero-order valence-corrected chi connectivity index (χ0v) is 11.6. The Morgan fingerprint density at radius 1 is 1.00 bits per heavy atom. The zero-order valence-electron chi connectivity index (χ0n) is 11.6. The number of benzene rings is 3. The average molecular weight is 296 g/mol. The number of carbonyl (C=O) groups is 1. The van der Waals surface area contributed by atoms with Crippen molar-refractivity contribution in [3.63, 3.8) is 0 Å². The molecule has 0 aliphatic heterocycles. The first-order valence-corrected chi connectivity index (χ1v) is 6.78. The maximum absolute atomic E-state index is 13.6. The fourth-order valence-electron chi connectivity index (χ4n) is 2.36. The van der Waals surface area contributed by atoms with Gasteiger partial charge in [-0.05, 0) is 22.9 Å². The fraction of sp³-hybridized carbons (Fsp3) is 0.0556. The van der Waals surface area contributed by atoms with E-state index >= 15 is 0 Å². The first-order valence-electron chi connectivity index (χ1n) is 6.78. The molecule has 3 aromatic rings. The summed E-state index contributed by atoms with van der Waals surface area (Å²) in [5, 5.41) is 10.9. The Morgan fingerprint density at radius 2 is 1.73 bits per heavy atom. The molecule has 0 aliphatic rings. The Morgan fingerprint density at radius 3 is 2.50 bits per heavy atom. The molecule has 4 heteroatoms. The number of fused-ring (bicyclic) bond motifs is 1. The molecule has 3 nitrogen and oxygen atoms in total. The lowest BCUT2D eigenvalue weighted by Gasteiger charge is -2.12. The Balaban J connectivity index is 1.98. The summed E-state index contributed by atoms with van der Waals surface area (Å²) < 4.78 is 19.2. The van der Waals surface area contributed by atoms with Crippen molar-refractivity contribution in [2.75, 3.05) is 0 Å². The smallest absolute Gasteiger partial charge is 0.340 e. The van der Waals surface area contributed by atoms with Crippen LogP contribution in [0.15, 0.2) is 60.7 Å². The van der Waals surface area contributed by atoms with Crippen molar-refractivity contribution in [1.29, 1.82) is 0 Å². The van der Waals surface area contributed by atoms with Gasteiger partial charge in [-0.1, -0.05) is 48.5 Å². The maximum Gasteiger partial charge on any atom is 0.340 e. The molecule has 0 fully saturated rings. The van der Waals surface area contributed by atoms with Crippen LogP contribution in [0.2, 0.25) is 0 Å². The van der Waals surface area contributed by atoms with Crippen molar-refractivity contribution in [3.05, 3.63) is 77.6 Å². The van der Waals surface area contributed by atoms with Gasteiger partial charge in [0.2, 0.25) is 0 Å². The maximum atomic E-state index is 13.6. The summed E-state index contributed by atoms with van der Waals surface area (Å²) in [6.07, 6.45) is 0. The minimum absolute atomic E-state index is 0.0225. The van der Waals surface area contributed by atoms with Gasteiger partial charge in [0, 0.05) is 5.56 Å². The second-order valence-corrected chi connectivity index (χ2v) is 4.85. The van der Waals surface area contributed by atoms with Crippen molar-refractivity contribution < 1.29 is 19.0 Å². The van der Waals surface area contributed by atoms with E-state index in [1.165, 1.54) is 6.07 Å². The molecule has 0 aromatic heterocycles. The van der Waals surface area contributed by atoms with Crippen LogP contribution in [0.4, 0.5) is 4.39 Å². The number of aromatic carboxylic acids is 1. The SMILES string of the molecule is O=C(O)c1c(OCc2ccccc2F)ccc2ccccc12. The summed E-state index contributed by atoms with van der Waals surface area (Å²) in [4.78, 5) is 11.6. The van der Waals surface area contributed by atoms with E-state index in [0.29, 0.717) is 10.9 Å². The quantitative estimate of drug-likeness (QED) is 0.782. The molecule has 0 atom stereocenters. The summed E-state index contributed by atoms with van der Waals surface area (Å²) in [7, 11) is 0.